The molecular weight excluding hydrogens is 350 g/mol. The van der Waals surface area contributed by atoms with Gasteiger partial charge in [-0.15, -0.1) is 13.2 Å². The molecule has 148 valence electrons. The molecule has 0 radical (unpaired) electrons. The van der Waals surface area contributed by atoms with Crippen LogP contribution in [0.15, 0.2) is 49.8 Å². The van der Waals surface area contributed by atoms with Crippen molar-refractivity contribution in [2.45, 2.75) is 45.3 Å². The van der Waals surface area contributed by atoms with E-state index in [1.165, 1.54) is 5.69 Å². The zero-order valence-corrected chi connectivity index (χ0v) is 16.6. The van der Waals surface area contributed by atoms with Gasteiger partial charge in [-0.25, -0.2) is 0 Å². The van der Waals surface area contributed by atoms with Gasteiger partial charge in [0, 0.05) is 55.9 Å². The molecule has 3 rings (SSSR count). The Kier molecular flexibility index (Phi) is 6.76. The number of carbonyl (C=O) groups excluding carboxylic acids is 1. The molecule has 2 aromatic heterocycles. The molecule has 0 saturated heterocycles. The lowest BCUT2D eigenvalue weighted by Gasteiger charge is -2.33. The zero-order valence-electron chi connectivity index (χ0n) is 16.6. The Labute approximate surface area is 167 Å². The average molecular weight is 380 g/mol. The monoisotopic (exact) mass is 379 g/mol. The number of carbonyl (C=O) groups is 1. The van der Waals surface area contributed by atoms with Gasteiger partial charge in [-0.1, -0.05) is 12.2 Å². The molecule has 1 aliphatic rings. The Morgan fingerprint density at radius 2 is 2.04 bits per heavy atom. The highest BCUT2D eigenvalue weighted by molar-refractivity contribution is 5.94. The topological polar surface area (TPSA) is 63.1 Å². The molecule has 6 heteroatoms. The Morgan fingerprint density at radius 1 is 1.32 bits per heavy atom. The summed E-state index contributed by atoms with van der Waals surface area (Å²) in [4.78, 5) is 19.3. The number of hydrogen-bond donors (Lipinski definition) is 1. The smallest absolute Gasteiger partial charge is 0.272 e. The van der Waals surface area contributed by atoms with Crippen molar-refractivity contribution >= 4 is 5.91 Å². The van der Waals surface area contributed by atoms with Crippen LogP contribution in [0.25, 0.3) is 0 Å². The highest BCUT2D eigenvalue weighted by Gasteiger charge is 2.30. The molecule has 2 aromatic rings. The molecule has 0 fully saturated rings. The van der Waals surface area contributed by atoms with Gasteiger partial charge in [0.25, 0.3) is 5.91 Å². The second kappa shape index (κ2) is 9.46. The molecule has 1 aliphatic carbocycles. The molecule has 0 unspecified atom stereocenters. The van der Waals surface area contributed by atoms with E-state index in [2.05, 4.69) is 40.4 Å². The quantitative estimate of drug-likeness (QED) is 0.681. The summed E-state index contributed by atoms with van der Waals surface area (Å²) in [6, 6.07) is 4.17. The number of aromatic nitrogens is 3. The first kappa shape index (κ1) is 20.0. The van der Waals surface area contributed by atoms with Crippen LogP contribution >= 0.6 is 0 Å². The first-order valence-electron chi connectivity index (χ1n) is 9.89. The SMILES string of the molecule is C=CCN(CC=C)[C@H]1CCc2c(c(C(=O)NCc3ccncc3)nn2CC)C1. The fourth-order valence-corrected chi connectivity index (χ4v) is 3.90. The summed E-state index contributed by atoms with van der Waals surface area (Å²) in [6.07, 6.45) is 10.1. The number of hydrogen-bond acceptors (Lipinski definition) is 4. The first-order valence-corrected chi connectivity index (χ1v) is 9.89. The largest absolute Gasteiger partial charge is 0.347 e. The lowest BCUT2D eigenvalue weighted by atomic mass is 9.90. The van der Waals surface area contributed by atoms with Crippen molar-refractivity contribution < 1.29 is 4.79 Å². The Balaban J connectivity index is 1.79. The van der Waals surface area contributed by atoms with Gasteiger partial charge < -0.3 is 5.32 Å². The Morgan fingerprint density at radius 3 is 2.68 bits per heavy atom. The van der Waals surface area contributed by atoms with Gasteiger partial charge in [0.15, 0.2) is 5.69 Å². The van der Waals surface area contributed by atoms with E-state index in [0.717, 1.165) is 50.0 Å². The molecule has 0 spiro atoms. The van der Waals surface area contributed by atoms with Crippen LogP contribution in [-0.4, -0.2) is 44.7 Å². The van der Waals surface area contributed by atoms with E-state index in [1.54, 1.807) is 12.4 Å². The molecule has 6 nitrogen and oxygen atoms in total. The van der Waals surface area contributed by atoms with Gasteiger partial charge in [0.05, 0.1) is 0 Å². The van der Waals surface area contributed by atoms with Crippen LogP contribution in [0.2, 0.25) is 0 Å². The molecule has 1 amide bonds. The fraction of sp³-hybridized carbons (Fsp3) is 0.409. The Hall–Kier alpha value is -2.73. The molecule has 2 heterocycles. The van der Waals surface area contributed by atoms with Gasteiger partial charge in [0.1, 0.15) is 0 Å². The van der Waals surface area contributed by atoms with Crippen molar-refractivity contribution in [2.75, 3.05) is 13.1 Å². The number of nitrogens with one attached hydrogen (secondary N) is 1. The highest BCUT2D eigenvalue weighted by atomic mass is 16.1. The summed E-state index contributed by atoms with van der Waals surface area (Å²) in [5.41, 5.74) is 3.87. The van der Waals surface area contributed by atoms with Gasteiger partial charge in [-0.2, -0.15) is 5.10 Å². The van der Waals surface area contributed by atoms with Crippen molar-refractivity contribution in [3.63, 3.8) is 0 Å². The summed E-state index contributed by atoms with van der Waals surface area (Å²) in [5, 5.41) is 7.65. The molecule has 1 N–H and O–H groups in total. The van der Waals surface area contributed by atoms with E-state index in [4.69, 9.17) is 0 Å². The van der Waals surface area contributed by atoms with E-state index >= 15 is 0 Å². The van der Waals surface area contributed by atoms with Crippen molar-refractivity contribution in [3.05, 3.63) is 72.4 Å². The Bertz CT molecular complexity index is 817. The predicted octanol–water partition coefficient (Wildman–Crippen LogP) is 2.76. The van der Waals surface area contributed by atoms with Crippen molar-refractivity contribution in [1.29, 1.82) is 0 Å². The average Bonchev–Trinajstić information content (AvgIpc) is 3.10. The predicted molar refractivity (Wildman–Crippen MR) is 111 cm³/mol. The maximum atomic E-state index is 12.9. The lowest BCUT2D eigenvalue weighted by Crippen LogP contribution is -2.40. The highest BCUT2D eigenvalue weighted by Crippen LogP contribution is 2.28. The number of aryl methyl sites for hydroxylation is 1. The standard InChI is InChI=1S/C22H29N5O/c1-4-13-26(14-5-2)18-7-8-20-19(15-18)21(25-27(20)6-3)22(28)24-16-17-9-11-23-12-10-17/h4-5,9-12,18H,1-2,6-8,13-16H2,3H3,(H,24,28)/t18-/m0/s1. The number of pyridine rings is 1. The molecule has 0 saturated carbocycles. The molecule has 28 heavy (non-hydrogen) atoms. The van der Waals surface area contributed by atoms with Crippen LogP contribution in [0.5, 0.6) is 0 Å². The third-order valence-electron chi connectivity index (χ3n) is 5.28. The number of rotatable bonds is 9. The molecule has 0 bridgehead atoms. The fourth-order valence-electron chi connectivity index (χ4n) is 3.90. The van der Waals surface area contributed by atoms with Crippen molar-refractivity contribution in [3.8, 4) is 0 Å². The summed E-state index contributed by atoms with van der Waals surface area (Å²) in [6.45, 7) is 12.7. The summed E-state index contributed by atoms with van der Waals surface area (Å²) in [7, 11) is 0. The number of amides is 1. The third-order valence-corrected chi connectivity index (χ3v) is 5.28. The van der Waals surface area contributed by atoms with Gasteiger partial charge in [-0.05, 0) is 43.9 Å². The summed E-state index contributed by atoms with van der Waals surface area (Å²) < 4.78 is 1.98. The number of nitrogens with zero attached hydrogens (tertiary/aromatic N) is 4. The summed E-state index contributed by atoms with van der Waals surface area (Å²) in [5.74, 6) is -0.111. The van der Waals surface area contributed by atoms with Crippen LogP contribution < -0.4 is 5.32 Å². The molecule has 0 aliphatic heterocycles. The van der Waals surface area contributed by atoms with E-state index in [9.17, 15) is 4.79 Å². The minimum Gasteiger partial charge on any atom is -0.347 e. The third kappa shape index (κ3) is 4.39. The minimum absolute atomic E-state index is 0.111. The minimum atomic E-state index is -0.111. The van der Waals surface area contributed by atoms with Gasteiger partial charge in [-0.3, -0.25) is 19.4 Å². The van der Waals surface area contributed by atoms with Crippen molar-refractivity contribution in [2.24, 2.45) is 0 Å². The van der Waals surface area contributed by atoms with Crippen LogP contribution in [0.3, 0.4) is 0 Å². The summed E-state index contributed by atoms with van der Waals surface area (Å²) >= 11 is 0. The van der Waals surface area contributed by atoms with Crippen LogP contribution in [0.1, 0.15) is 40.7 Å². The second-order valence-corrected chi connectivity index (χ2v) is 7.06. The maximum absolute atomic E-state index is 12.9. The van der Waals surface area contributed by atoms with Crippen LogP contribution in [-0.2, 0) is 25.9 Å². The van der Waals surface area contributed by atoms with Crippen molar-refractivity contribution in [1.82, 2.24) is 25.0 Å². The van der Waals surface area contributed by atoms with Crippen LogP contribution in [0.4, 0.5) is 0 Å². The zero-order chi connectivity index (χ0) is 19.9. The van der Waals surface area contributed by atoms with E-state index in [0.29, 0.717) is 18.3 Å². The maximum Gasteiger partial charge on any atom is 0.272 e. The molecule has 1 atom stereocenters. The molecular formula is C22H29N5O. The van der Waals surface area contributed by atoms with E-state index in [1.807, 2.05) is 29.0 Å². The normalized spacial score (nSPS) is 15.9. The second-order valence-electron chi connectivity index (χ2n) is 7.06. The van der Waals surface area contributed by atoms with Crippen LogP contribution in [0, 0.1) is 0 Å². The van der Waals surface area contributed by atoms with E-state index in [-0.39, 0.29) is 5.91 Å². The van der Waals surface area contributed by atoms with Gasteiger partial charge >= 0.3 is 0 Å². The number of fused-ring (bicyclic) bond motifs is 1. The molecule has 0 aromatic carbocycles. The first-order chi connectivity index (χ1) is 13.7. The lowest BCUT2D eigenvalue weighted by molar-refractivity contribution is 0.0943. The van der Waals surface area contributed by atoms with E-state index < -0.39 is 0 Å². The van der Waals surface area contributed by atoms with Gasteiger partial charge in [0.2, 0.25) is 0 Å².